The second-order valence-electron chi connectivity index (χ2n) is 6.39. The molecular weight excluding hydrogens is 352 g/mol. The summed E-state index contributed by atoms with van der Waals surface area (Å²) in [5.41, 5.74) is 2.75. The molecule has 3 rings (SSSR count). The number of aromatic nitrogens is 1. The van der Waals surface area contributed by atoms with Crippen LogP contribution >= 0.6 is 0 Å². The van der Waals surface area contributed by atoms with E-state index in [4.69, 9.17) is 8.94 Å². The van der Waals surface area contributed by atoms with E-state index >= 15 is 0 Å². The van der Waals surface area contributed by atoms with Crippen LogP contribution in [0.1, 0.15) is 30.2 Å². The van der Waals surface area contributed by atoms with Crippen LogP contribution in [0, 0.1) is 13.8 Å². The van der Waals surface area contributed by atoms with Crippen molar-refractivity contribution in [2.45, 2.75) is 44.7 Å². The topological polar surface area (TPSA) is 85.3 Å². The molecule has 0 unspecified atom stereocenters. The number of rotatable bonds is 7. The van der Waals surface area contributed by atoms with Gasteiger partial charge in [-0.3, -0.25) is 0 Å². The van der Waals surface area contributed by atoms with Crippen molar-refractivity contribution in [1.29, 1.82) is 0 Å². The highest BCUT2D eigenvalue weighted by molar-refractivity contribution is 7.89. The van der Waals surface area contributed by atoms with Gasteiger partial charge in [-0.15, -0.1) is 0 Å². The third-order valence-electron chi connectivity index (χ3n) is 4.29. The lowest BCUT2D eigenvalue weighted by molar-refractivity contribution is 0.396. The first kappa shape index (κ1) is 18.4. The Kier molecular flexibility index (Phi) is 5.29. The average Bonchev–Trinajstić information content (AvgIpc) is 3.22. The number of hydrogen-bond acceptors (Lipinski definition) is 5. The minimum Gasteiger partial charge on any atom is -0.440 e. The Bertz CT molecular complexity index is 974. The van der Waals surface area contributed by atoms with Gasteiger partial charge in [0.15, 0.2) is 5.76 Å². The lowest BCUT2D eigenvalue weighted by atomic mass is 10.1. The van der Waals surface area contributed by atoms with Gasteiger partial charge in [0.05, 0.1) is 5.69 Å². The molecule has 6 nitrogen and oxygen atoms in total. The van der Waals surface area contributed by atoms with Crippen molar-refractivity contribution >= 4 is 10.0 Å². The van der Waals surface area contributed by atoms with Crippen LogP contribution in [0.15, 0.2) is 56.5 Å². The fourth-order valence-electron chi connectivity index (χ4n) is 2.64. The van der Waals surface area contributed by atoms with Crippen LogP contribution in [0.5, 0.6) is 0 Å². The molecule has 2 aromatic heterocycles. The van der Waals surface area contributed by atoms with Crippen LogP contribution in [0.3, 0.4) is 0 Å². The van der Waals surface area contributed by atoms with E-state index in [0.717, 1.165) is 17.7 Å². The van der Waals surface area contributed by atoms with Crippen LogP contribution < -0.4 is 4.72 Å². The highest BCUT2D eigenvalue weighted by atomic mass is 32.2. The van der Waals surface area contributed by atoms with Gasteiger partial charge in [0.1, 0.15) is 0 Å². The molecule has 0 aliphatic carbocycles. The molecule has 0 fully saturated rings. The van der Waals surface area contributed by atoms with Gasteiger partial charge < -0.3 is 8.94 Å². The largest absolute Gasteiger partial charge is 0.440 e. The molecule has 3 aromatic rings. The Morgan fingerprint density at radius 1 is 1.12 bits per heavy atom. The third kappa shape index (κ3) is 4.05. The number of benzene rings is 1. The molecule has 0 amide bonds. The standard InChI is InChI=1S/C19H22N2O4S/c1-13(9-10-16-7-5-4-6-8-16)21-26(22,23)18-12-11-17(24-18)19-14(2)15(3)20-25-19/h4-8,11-13,21H,9-10H2,1-3H3/t13-/m0/s1. The van der Waals surface area contributed by atoms with Gasteiger partial charge in [-0.05, 0) is 51.3 Å². The first-order valence-electron chi connectivity index (χ1n) is 8.46. The normalized spacial score (nSPS) is 13.0. The number of hydrogen-bond donors (Lipinski definition) is 1. The summed E-state index contributed by atoms with van der Waals surface area (Å²) in [6.45, 7) is 5.51. The van der Waals surface area contributed by atoms with Gasteiger partial charge in [-0.25, -0.2) is 13.1 Å². The van der Waals surface area contributed by atoms with Crippen molar-refractivity contribution < 1.29 is 17.4 Å². The van der Waals surface area contributed by atoms with E-state index in [9.17, 15) is 8.42 Å². The van der Waals surface area contributed by atoms with E-state index in [-0.39, 0.29) is 11.1 Å². The number of nitrogens with zero attached hydrogens (tertiary/aromatic N) is 1. The molecule has 0 aliphatic rings. The van der Waals surface area contributed by atoms with Crippen molar-refractivity contribution in [1.82, 2.24) is 9.88 Å². The Morgan fingerprint density at radius 3 is 2.50 bits per heavy atom. The van der Waals surface area contributed by atoms with Gasteiger partial charge in [0.2, 0.25) is 10.9 Å². The minimum absolute atomic E-state index is 0.132. The smallest absolute Gasteiger partial charge is 0.274 e. The van der Waals surface area contributed by atoms with Gasteiger partial charge in [0, 0.05) is 11.6 Å². The lowest BCUT2D eigenvalue weighted by Gasteiger charge is -2.12. The summed E-state index contributed by atoms with van der Waals surface area (Å²) in [4.78, 5) is 0. The molecule has 1 atom stereocenters. The van der Waals surface area contributed by atoms with E-state index < -0.39 is 10.0 Å². The van der Waals surface area contributed by atoms with Gasteiger partial charge in [0.25, 0.3) is 10.0 Å². The number of sulfonamides is 1. The second kappa shape index (κ2) is 7.47. The number of furan rings is 1. The summed E-state index contributed by atoms with van der Waals surface area (Å²) in [5.74, 6) is 0.793. The van der Waals surface area contributed by atoms with E-state index in [2.05, 4.69) is 9.88 Å². The summed E-state index contributed by atoms with van der Waals surface area (Å²) in [5, 5.41) is 3.73. The Hall–Kier alpha value is -2.38. The van der Waals surface area contributed by atoms with Crippen molar-refractivity contribution in [2.24, 2.45) is 0 Å². The summed E-state index contributed by atoms with van der Waals surface area (Å²) < 4.78 is 38.5. The first-order valence-corrected chi connectivity index (χ1v) is 9.94. The maximum absolute atomic E-state index is 12.5. The molecule has 26 heavy (non-hydrogen) atoms. The monoisotopic (exact) mass is 374 g/mol. The molecular formula is C19H22N2O4S. The molecule has 0 radical (unpaired) electrons. The fourth-order valence-corrected chi connectivity index (χ4v) is 3.85. The molecule has 0 bridgehead atoms. The lowest BCUT2D eigenvalue weighted by Crippen LogP contribution is -2.32. The third-order valence-corrected chi connectivity index (χ3v) is 5.75. The molecule has 2 heterocycles. The van der Waals surface area contributed by atoms with Crippen molar-refractivity contribution in [3.63, 3.8) is 0 Å². The van der Waals surface area contributed by atoms with Crippen molar-refractivity contribution in [3.8, 4) is 11.5 Å². The zero-order valence-electron chi connectivity index (χ0n) is 15.0. The Balaban J connectivity index is 1.67. The molecule has 0 saturated carbocycles. The van der Waals surface area contributed by atoms with Gasteiger partial charge in [-0.1, -0.05) is 35.5 Å². The molecule has 1 N–H and O–H groups in total. The molecule has 138 valence electrons. The zero-order chi connectivity index (χ0) is 18.7. The van der Waals surface area contributed by atoms with Crippen LogP contribution in [0.2, 0.25) is 0 Å². The van der Waals surface area contributed by atoms with E-state index in [0.29, 0.717) is 17.9 Å². The highest BCUT2D eigenvalue weighted by Crippen LogP contribution is 2.28. The predicted octanol–water partition coefficient (Wildman–Crippen LogP) is 3.85. The van der Waals surface area contributed by atoms with Crippen molar-refractivity contribution in [3.05, 3.63) is 59.3 Å². The Labute approximate surface area is 153 Å². The molecule has 1 aromatic carbocycles. The van der Waals surface area contributed by atoms with E-state index in [1.807, 2.05) is 51.1 Å². The summed E-state index contributed by atoms with van der Waals surface area (Å²) in [7, 11) is -3.74. The molecule has 0 spiro atoms. The first-order chi connectivity index (χ1) is 12.4. The zero-order valence-corrected chi connectivity index (χ0v) is 15.8. The number of aryl methyl sites for hydroxylation is 2. The second-order valence-corrected chi connectivity index (χ2v) is 8.03. The van der Waals surface area contributed by atoms with Crippen LogP contribution in [-0.4, -0.2) is 19.6 Å². The van der Waals surface area contributed by atoms with Crippen molar-refractivity contribution in [2.75, 3.05) is 0 Å². The van der Waals surface area contributed by atoms with E-state index in [1.54, 1.807) is 6.07 Å². The van der Waals surface area contributed by atoms with E-state index in [1.165, 1.54) is 11.6 Å². The highest BCUT2D eigenvalue weighted by Gasteiger charge is 2.23. The van der Waals surface area contributed by atoms with Gasteiger partial charge >= 0.3 is 0 Å². The fraction of sp³-hybridized carbons (Fsp3) is 0.316. The number of nitrogens with one attached hydrogen (secondary N) is 1. The summed E-state index contributed by atoms with van der Waals surface area (Å²) in [6, 6.07) is 12.8. The van der Waals surface area contributed by atoms with Crippen LogP contribution in [0.4, 0.5) is 0 Å². The minimum atomic E-state index is -3.74. The molecule has 0 saturated heterocycles. The average molecular weight is 374 g/mol. The maximum atomic E-state index is 12.5. The molecule has 7 heteroatoms. The summed E-state index contributed by atoms with van der Waals surface area (Å²) >= 11 is 0. The van der Waals surface area contributed by atoms with Crippen LogP contribution in [0.25, 0.3) is 11.5 Å². The Morgan fingerprint density at radius 2 is 1.85 bits per heavy atom. The maximum Gasteiger partial charge on any atom is 0.274 e. The SMILES string of the molecule is Cc1noc(-c2ccc(S(=O)(=O)N[C@@H](C)CCc3ccccc3)o2)c1C. The summed E-state index contributed by atoms with van der Waals surface area (Å²) in [6.07, 6.45) is 1.49. The molecule has 0 aliphatic heterocycles. The van der Waals surface area contributed by atoms with Crippen LogP contribution in [-0.2, 0) is 16.4 Å². The van der Waals surface area contributed by atoms with Gasteiger partial charge in [-0.2, -0.15) is 0 Å². The predicted molar refractivity (Wildman–Crippen MR) is 98.2 cm³/mol. The quantitative estimate of drug-likeness (QED) is 0.679.